The van der Waals surface area contributed by atoms with Crippen molar-refractivity contribution in [2.45, 2.75) is 6.42 Å². The topological polar surface area (TPSA) is 59.5 Å². The number of hydrogen-bond donors (Lipinski definition) is 1. The van der Waals surface area contributed by atoms with Gasteiger partial charge in [0.2, 0.25) is 0 Å². The number of nitrogens with one attached hydrogen (secondary N) is 1. The molecule has 4 rings (SSSR count). The molecule has 24 heavy (non-hydrogen) atoms. The van der Waals surface area contributed by atoms with Gasteiger partial charge in [-0.3, -0.25) is 9.20 Å². The lowest BCUT2D eigenvalue weighted by Crippen LogP contribution is -2.14. The van der Waals surface area contributed by atoms with Gasteiger partial charge in [0.25, 0.3) is 5.91 Å². The Morgan fingerprint density at radius 1 is 1.04 bits per heavy atom. The molecule has 3 heterocycles. The quantitative estimate of drug-likeness (QED) is 0.623. The van der Waals surface area contributed by atoms with Crippen LogP contribution in [0.4, 0.5) is 5.82 Å². The first-order valence-corrected chi connectivity index (χ1v) is 7.66. The number of nitrogens with zero attached hydrogens (tertiary/aromatic N) is 2. The molecule has 1 amide bonds. The fourth-order valence-corrected chi connectivity index (χ4v) is 2.67. The van der Waals surface area contributed by atoms with E-state index in [0.717, 1.165) is 16.9 Å². The number of aromatic nitrogens is 2. The zero-order valence-corrected chi connectivity index (χ0v) is 12.8. The van der Waals surface area contributed by atoms with Crippen molar-refractivity contribution in [1.82, 2.24) is 9.38 Å². The van der Waals surface area contributed by atoms with Crippen molar-refractivity contribution < 1.29 is 9.21 Å². The molecular weight excluding hydrogens is 302 g/mol. The van der Waals surface area contributed by atoms with E-state index in [-0.39, 0.29) is 11.7 Å². The molecule has 5 heteroatoms. The van der Waals surface area contributed by atoms with Crippen LogP contribution in [0.3, 0.4) is 0 Å². The van der Waals surface area contributed by atoms with Crippen molar-refractivity contribution in [2.75, 3.05) is 5.32 Å². The van der Waals surface area contributed by atoms with Gasteiger partial charge in [0.1, 0.15) is 11.5 Å². The number of furan rings is 1. The third-order valence-electron chi connectivity index (χ3n) is 3.79. The van der Waals surface area contributed by atoms with Gasteiger partial charge in [0, 0.05) is 12.6 Å². The van der Waals surface area contributed by atoms with E-state index in [0.29, 0.717) is 12.2 Å². The summed E-state index contributed by atoms with van der Waals surface area (Å²) in [6.07, 6.45) is 4.00. The molecule has 0 saturated heterocycles. The summed E-state index contributed by atoms with van der Waals surface area (Å²) < 4.78 is 7.05. The largest absolute Gasteiger partial charge is 0.459 e. The standard InChI is InChI=1S/C19H15N3O2/c23-19(16-9-6-12-24-16)21-18-15(13-14-7-2-1-3-8-14)20-17-10-4-5-11-22(17)18/h1-12H,13H2,(H,21,23). The highest BCUT2D eigenvalue weighted by Gasteiger charge is 2.17. The Bertz CT molecular complexity index is 972. The maximum Gasteiger partial charge on any atom is 0.292 e. The van der Waals surface area contributed by atoms with E-state index in [2.05, 4.69) is 10.3 Å². The van der Waals surface area contributed by atoms with E-state index in [1.165, 1.54) is 6.26 Å². The second-order valence-corrected chi connectivity index (χ2v) is 5.43. The van der Waals surface area contributed by atoms with Crippen LogP contribution in [0.15, 0.2) is 77.5 Å². The van der Waals surface area contributed by atoms with Crippen LogP contribution < -0.4 is 5.32 Å². The molecule has 4 aromatic rings. The van der Waals surface area contributed by atoms with Crippen LogP contribution >= 0.6 is 0 Å². The maximum atomic E-state index is 12.4. The van der Waals surface area contributed by atoms with Crippen molar-refractivity contribution in [3.05, 3.63) is 90.1 Å². The van der Waals surface area contributed by atoms with Crippen LogP contribution in [-0.2, 0) is 6.42 Å². The maximum absolute atomic E-state index is 12.4. The highest BCUT2D eigenvalue weighted by Crippen LogP contribution is 2.22. The molecule has 0 atom stereocenters. The summed E-state index contributed by atoms with van der Waals surface area (Å²) in [6, 6.07) is 19.1. The first-order valence-electron chi connectivity index (χ1n) is 7.66. The van der Waals surface area contributed by atoms with Gasteiger partial charge >= 0.3 is 0 Å². The Labute approximate surface area is 138 Å². The fraction of sp³-hybridized carbons (Fsp3) is 0.0526. The summed E-state index contributed by atoms with van der Waals surface area (Å²) in [7, 11) is 0. The molecule has 0 aliphatic rings. The molecule has 0 radical (unpaired) electrons. The SMILES string of the molecule is O=C(Nc1c(Cc2ccccc2)nc2ccccn12)c1ccco1. The molecule has 5 nitrogen and oxygen atoms in total. The minimum Gasteiger partial charge on any atom is -0.459 e. The fourth-order valence-electron chi connectivity index (χ4n) is 2.67. The Balaban J connectivity index is 1.74. The molecule has 0 fully saturated rings. The van der Waals surface area contributed by atoms with Gasteiger partial charge in [-0.25, -0.2) is 4.98 Å². The number of amides is 1. The molecule has 118 valence electrons. The number of hydrogen-bond acceptors (Lipinski definition) is 3. The summed E-state index contributed by atoms with van der Waals surface area (Å²) in [4.78, 5) is 17.0. The Morgan fingerprint density at radius 2 is 1.88 bits per heavy atom. The van der Waals surface area contributed by atoms with Crippen LogP contribution in [0.5, 0.6) is 0 Å². The molecule has 0 bridgehead atoms. The first kappa shape index (κ1) is 14.3. The van der Waals surface area contributed by atoms with Gasteiger partial charge < -0.3 is 9.73 Å². The highest BCUT2D eigenvalue weighted by atomic mass is 16.3. The average Bonchev–Trinajstić information content (AvgIpc) is 3.25. The van der Waals surface area contributed by atoms with Crippen molar-refractivity contribution in [3.8, 4) is 0 Å². The zero-order valence-electron chi connectivity index (χ0n) is 12.8. The lowest BCUT2D eigenvalue weighted by atomic mass is 10.1. The van der Waals surface area contributed by atoms with Crippen molar-refractivity contribution in [2.24, 2.45) is 0 Å². The second kappa shape index (κ2) is 6.04. The number of anilines is 1. The van der Waals surface area contributed by atoms with Crippen molar-refractivity contribution >= 4 is 17.4 Å². The van der Waals surface area contributed by atoms with Crippen molar-refractivity contribution in [1.29, 1.82) is 0 Å². The molecule has 1 aromatic carbocycles. The van der Waals surface area contributed by atoms with E-state index in [1.807, 2.05) is 59.1 Å². The van der Waals surface area contributed by atoms with Gasteiger partial charge in [-0.05, 0) is 29.8 Å². The molecular formula is C19H15N3O2. The molecule has 1 N–H and O–H groups in total. The van der Waals surface area contributed by atoms with Gasteiger partial charge in [0.05, 0.1) is 12.0 Å². The van der Waals surface area contributed by atoms with E-state index in [9.17, 15) is 4.79 Å². The minimum atomic E-state index is -0.292. The van der Waals surface area contributed by atoms with Crippen LogP contribution in [0.1, 0.15) is 21.8 Å². The number of imidazole rings is 1. The third kappa shape index (κ3) is 2.67. The van der Waals surface area contributed by atoms with Gasteiger partial charge in [-0.2, -0.15) is 0 Å². The Morgan fingerprint density at radius 3 is 2.67 bits per heavy atom. The normalized spacial score (nSPS) is 10.8. The number of carbonyl (C=O) groups is 1. The van der Waals surface area contributed by atoms with E-state index < -0.39 is 0 Å². The first-order chi connectivity index (χ1) is 11.8. The number of rotatable bonds is 4. The lowest BCUT2D eigenvalue weighted by molar-refractivity contribution is 0.0996. The van der Waals surface area contributed by atoms with Crippen LogP contribution in [0.25, 0.3) is 5.65 Å². The second-order valence-electron chi connectivity index (χ2n) is 5.43. The molecule has 0 aliphatic carbocycles. The zero-order chi connectivity index (χ0) is 16.4. The summed E-state index contributed by atoms with van der Waals surface area (Å²) >= 11 is 0. The van der Waals surface area contributed by atoms with Crippen molar-refractivity contribution in [3.63, 3.8) is 0 Å². The highest BCUT2D eigenvalue weighted by molar-refractivity contribution is 6.02. The Hall–Kier alpha value is -3.34. The summed E-state index contributed by atoms with van der Waals surface area (Å²) in [5.74, 6) is 0.641. The van der Waals surface area contributed by atoms with E-state index in [4.69, 9.17) is 4.42 Å². The molecule has 0 unspecified atom stereocenters. The third-order valence-corrected chi connectivity index (χ3v) is 3.79. The monoisotopic (exact) mass is 317 g/mol. The molecule has 0 saturated carbocycles. The number of pyridine rings is 1. The average molecular weight is 317 g/mol. The van der Waals surface area contributed by atoms with Gasteiger partial charge in [-0.15, -0.1) is 0 Å². The predicted octanol–water partition coefficient (Wildman–Crippen LogP) is 3.77. The van der Waals surface area contributed by atoms with E-state index >= 15 is 0 Å². The number of fused-ring (bicyclic) bond motifs is 1. The van der Waals surface area contributed by atoms with Gasteiger partial charge in [-0.1, -0.05) is 36.4 Å². The molecule has 0 spiro atoms. The van der Waals surface area contributed by atoms with Crippen LogP contribution in [0, 0.1) is 0 Å². The number of carbonyl (C=O) groups excluding carboxylic acids is 1. The Kier molecular flexibility index (Phi) is 3.59. The lowest BCUT2D eigenvalue weighted by Gasteiger charge is -2.06. The van der Waals surface area contributed by atoms with Crippen LogP contribution in [0.2, 0.25) is 0 Å². The minimum absolute atomic E-state index is 0.270. The summed E-state index contributed by atoms with van der Waals surface area (Å²) in [5.41, 5.74) is 2.74. The van der Waals surface area contributed by atoms with Gasteiger partial charge in [0.15, 0.2) is 5.76 Å². The smallest absolute Gasteiger partial charge is 0.292 e. The summed E-state index contributed by atoms with van der Waals surface area (Å²) in [5, 5.41) is 2.92. The number of benzene rings is 1. The molecule has 0 aliphatic heterocycles. The van der Waals surface area contributed by atoms with E-state index in [1.54, 1.807) is 12.1 Å². The summed E-state index contributed by atoms with van der Waals surface area (Å²) in [6.45, 7) is 0. The predicted molar refractivity (Wildman–Crippen MR) is 91.1 cm³/mol. The molecule has 3 aromatic heterocycles. The van der Waals surface area contributed by atoms with Crippen LogP contribution in [-0.4, -0.2) is 15.3 Å².